The number of hydrogen-bond donors (Lipinski definition) is 2. The molecule has 10 heteroatoms. The second-order valence-corrected chi connectivity index (χ2v) is 8.02. The predicted octanol–water partition coefficient (Wildman–Crippen LogP) is 1.12. The molecule has 1 heterocycles. The maximum absolute atomic E-state index is 13.2. The predicted molar refractivity (Wildman–Crippen MR) is 103 cm³/mol. The molecule has 0 aliphatic rings. The molecule has 0 bridgehead atoms. The molecule has 0 aliphatic heterocycles. The average Bonchev–Trinajstić information content (AvgIpc) is 2.67. The Bertz CT molecular complexity index is 1110. The van der Waals surface area contributed by atoms with Crippen molar-refractivity contribution in [2.75, 3.05) is 20.5 Å². The van der Waals surface area contributed by atoms with E-state index in [0.717, 1.165) is 0 Å². The molecule has 0 spiro atoms. The van der Waals surface area contributed by atoms with E-state index in [2.05, 4.69) is 14.3 Å². The van der Waals surface area contributed by atoms with Crippen LogP contribution in [0, 0.1) is 0 Å². The normalized spacial score (nSPS) is 13.1. The lowest BCUT2D eigenvalue weighted by molar-refractivity contribution is 0.356. The van der Waals surface area contributed by atoms with E-state index in [-0.39, 0.29) is 11.3 Å². The fraction of sp³-hybridized carbons (Fsp3) is 0.176. The van der Waals surface area contributed by atoms with Gasteiger partial charge in [-0.3, -0.25) is 0 Å². The van der Waals surface area contributed by atoms with E-state index in [4.69, 9.17) is 9.47 Å². The Morgan fingerprint density at radius 2 is 1.78 bits per heavy atom. The van der Waals surface area contributed by atoms with E-state index in [9.17, 15) is 14.3 Å². The summed E-state index contributed by atoms with van der Waals surface area (Å²) < 4.78 is 28.1. The monoisotopic (exact) mass is 387 g/mol. The van der Waals surface area contributed by atoms with Gasteiger partial charge >= 0.3 is 7.12 Å². The summed E-state index contributed by atoms with van der Waals surface area (Å²) >= 11 is 0. The van der Waals surface area contributed by atoms with Crippen molar-refractivity contribution in [3.63, 3.8) is 0 Å². The Balaban J connectivity index is 2.19. The molecule has 3 rings (SSSR count). The molecular formula is C17H18BN3O5S. The molecule has 0 fully saturated rings. The Morgan fingerprint density at radius 3 is 2.44 bits per heavy atom. The number of methoxy groups -OCH3 is 2. The van der Waals surface area contributed by atoms with Crippen molar-refractivity contribution in [1.82, 2.24) is 9.97 Å². The fourth-order valence-electron chi connectivity index (χ4n) is 2.57. The molecule has 2 aromatic carbocycles. The highest BCUT2D eigenvalue weighted by molar-refractivity contribution is 7.93. The highest BCUT2D eigenvalue weighted by Gasteiger charge is 2.16. The van der Waals surface area contributed by atoms with Crippen LogP contribution >= 0.6 is 0 Å². The largest absolute Gasteiger partial charge is 0.493 e. The summed E-state index contributed by atoms with van der Waals surface area (Å²) in [4.78, 5) is 8.72. The summed E-state index contributed by atoms with van der Waals surface area (Å²) in [6.45, 7) is 0. The van der Waals surface area contributed by atoms with Gasteiger partial charge in [-0.15, -0.1) is 0 Å². The van der Waals surface area contributed by atoms with Crippen molar-refractivity contribution < 1.29 is 23.7 Å². The van der Waals surface area contributed by atoms with Crippen molar-refractivity contribution in [2.24, 2.45) is 4.36 Å². The topological polar surface area (TPSA) is 114 Å². The van der Waals surface area contributed by atoms with Crippen LogP contribution in [0.1, 0.15) is 0 Å². The number of benzene rings is 2. The lowest BCUT2D eigenvalue weighted by atomic mass is 9.80. The smallest absolute Gasteiger partial charge is 0.488 e. The molecule has 27 heavy (non-hydrogen) atoms. The molecule has 1 unspecified atom stereocenters. The zero-order valence-corrected chi connectivity index (χ0v) is 15.8. The van der Waals surface area contributed by atoms with Crippen LogP contribution in [0.5, 0.6) is 11.5 Å². The summed E-state index contributed by atoms with van der Waals surface area (Å²) in [6, 6.07) is 9.55. The fourth-order valence-corrected chi connectivity index (χ4v) is 3.84. The standard InChI is InChI=1S/C17H18BN3O5S/c1-25-15-8-13-14(9-16(15)26-2)19-10-20-17(13)21-27(3,24)12-6-4-5-11(7-12)18(22)23/h4-10,22-23H,1-3H3. The summed E-state index contributed by atoms with van der Waals surface area (Å²) in [6.07, 6.45) is 2.79. The van der Waals surface area contributed by atoms with E-state index < -0.39 is 16.8 Å². The average molecular weight is 387 g/mol. The molecule has 140 valence electrons. The summed E-state index contributed by atoms with van der Waals surface area (Å²) in [5.74, 6) is 1.23. The van der Waals surface area contributed by atoms with Crippen LogP contribution in [0.25, 0.3) is 10.9 Å². The van der Waals surface area contributed by atoms with Gasteiger partial charge in [-0.05, 0) is 23.7 Å². The Morgan fingerprint density at radius 1 is 1.07 bits per heavy atom. The lowest BCUT2D eigenvalue weighted by Gasteiger charge is -2.10. The minimum atomic E-state index is -2.91. The van der Waals surface area contributed by atoms with Crippen LogP contribution in [0.2, 0.25) is 0 Å². The van der Waals surface area contributed by atoms with E-state index in [1.165, 1.54) is 38.9 Å². The van der Waals surface area contributed by atoms with Crippen molar-refractivity contribution in [2.45, 2.75) is 4.90 Å². The quantitative estimate of drug-likeness (QED) is 0.631. The van der Waals surface area contributed by atoms with Crippen LogP contribution in [0.15, 0.2) is 52.0 Å². The van der Waals surface area contributed by atoms with Crippen molar-refractivity contribution in [1.29, 1.82) is 0 Å². The van der Waals surface area contributed by atoms with E-state index in [1.54, 1.807) is 24.3 Å². The van der Waals surface area contributed by atoms with Gasteiger partial charge in [-0.2, -0.15) is 4.36 Å². The van der Waals surface area contributed by atoms with Crippen molar-refractivity contribution in [3.05, 3.63) is 42.7 Å². The minimum absolute atomic E-state index is 0.233. The van der Waals surface area contributed by atoms with E-state index >= 15 is 0 Å². The van der Waals surface area contributed by atoms with Crippen LogP contribution < -0.4 is 14.9 Å². The number of rotatable bonds is 5. The molecule has 2 N–H and O–H groups in total. The van der Waals surface area contributed by atoms with E-state index in [1.807, 2.05) is 0 Å². The van der Waals surface area contributed by atoms with Crippen LogP contribution in [0.3, 0.4) is 0 Å². The maximum atomic E-state index is 13.2. The van der Waals surface area contributed by atoms with Gasteiger partial charge in [0.05, 0.1) is 29.5 Å². The molecule has 0 radical (unpaired) electrons. The highest BCUT2D eigenvalue weighted by Crippen LogP contribution is 2.35. The first-order chi connectivity index (χ1) is 12.9. The molecule has 0 aliphatic carbocycles. The number of hydrogen-bond acceptors (Lipinski definition) is 8. The van der Waals surface area contributed by atoms with Gasteiger partial charge in [0.2, 0.25) is 0 Å². The molecule has 0 saturated carbocycles. The zero-order chi connectivity index (χ0) is 19.6. The van der Waals surface area contributed by atoms with Gasteiger partial charge in [-0.25, -0.2) is 14.2 Å². The maximum Gasteiger partial charge on any atom is 0.488 e. The first kappa shape index (κ1) is 19.1. The van der Waals surface area contributed by atoms with Gasteiger partial charge in [0.15, 0.2) is 17.3 Å². The third kappa shape index (κ3) is 3.87. The van der Waals surface area contributed by atoms with Crippen LogP contribution in [-0.4, -0.2) is 51.8 Å². The highest BCUT2D eigenvalue weighted by atomic mass is 32.2. The minimum Gasteiger partial charge on any atom is -0.493 e. The Hall–Kier alpha value is -2.69. The first-order valence-corrected chi connectivity index (χ1v) is 9.83. The van der Waals surface area contributed by atoms with Crippen LogP contribution in [-0.2, 0) is 9.73 Å². The Kier molecular flexibility index (Phi) is 5.31. The molecular weight excluding hydrogens is 369 g/mol. The van der Waals surface area contributed by atoms with Gasteiger partial charge in [0.25, 0.3) is 0 Å². The first-order valence-electron chi connectivity index (χ1n) is 7.90. The molecule has 1 atom stereocenters. The summed E-state index contributed by atoms with van der Waals surface area (Å²) in [5, 5.41) is 19.2. The number of fused-ring (bicyclic) bond motifs is 1. The number of nitrogens with zero attached hydrogens (tertiary/aromatic N) is 3. The molecule has 1 aromatic heterocycles. The molecule has 0 amide bonds. The molecule has 0 saturated heterocycles. The van der Waals surface area contributed by atoms with E-state index in [0.29, 0.717) is 27.3 Å². The third-order valence-electron chi connectivity index (χ3n) is 3.97. The van der Waals surface area contributed by atoms with Crippen molar-refractivity contribution in [3.8, 4) is 11.5 Å². The lowest BCUT2D eigenvalue weighted by Crippen LogP contribution is -2.30. The molecule has 8 nitrogen and oxygen atoms in total. The number of aromatic nitrogens is 2. The van der Waals surface area contributed by atoms with Gasteiger partial charge in [0.1, 0.15) is 6.33 Å². The zero-order valence-electron chi connectivity index (χ0n) is 15.0. The van der Waals surface area contributed by atoms with Gasteiger partial charge in [-0.1, -0.05) is 12.1 Å². The second kappa shape index (κ2) is 7.51. The van der Waals surface area contributed by atoms with Crippen molar-refractivity contribution >= 4 is 39.0 Å². The third-order valence-corrected chi connectivity index (χ3v) is 5.62. The number of ether oxygens (including phenoxy) is 2. The summed E-state index contributed by atoms with van der Waals surface area (Å²) in [5.41, 5.74) is 0.798. The van der Waals surface area contributed by atoms with Crippen LogP contribution in [0.4, 0.5) is 5.82 Å². The Labute approximate surface area is 157 Å². The van der Waals surface area contributed by atoms with Gasteiger partial charge < -0.3 is 19.5 Å². The summed E-state index contributed by atoms with van der Waals surface area (Å²) in [7, 11) is -1.52. The second-order valence-electron chi connectivity index (χ2n) is 5.76. The van der Waals surface area contributed by atoms with Gasteiger partial charge in [0, 0.05) is 22.6 Å². The molecule has 3 aromatic rings. The SMILES string of the molecule is COc1cc2ncnc(N=S(C)(=O)c3cccc(B(O)O)c3)c2cc1OC.